The van der Waals surface area contributed by atoms with Gasteiger partial charge in [-0.3, -0.25) is 0 Å². The Hall–Kier alpha value is -3.49. The van der Waals surface area contributed by atoms with Crippen LogP contribution < -0.4 is 4.74 Å². The molecule has 0 amide bonds. The van der Waals surface area contributed by atoms with Crippen LogP contribution in [0.4, 0.5) is 13.2 Å². The summed E-state index contributed by atoms with van der Waals surface area (Å²) < 4.78 is 51.9. The molecule has 0 radical (unpaired) electrons. The van der Waals surface area contributed by atoms with Crippen LogP contribution in [0.5, 0.6) is 5.75 Å². The fourth-order valence-corrected chi connectivity index (χ4v) is 4.02. The summed E-state index contributed by atoms with van der Waals surface area (Å²) in [5.74, 6) is 0.0484. The maximum absolute atomic E-state index is 13.4. The van der Waals surface area contributed by atoms with Crippen LogP contribution in [0.3, 0.4) is 0 Å². The van der Waals surface area contributed by atoms with Crippen molar-refractivity contribution in [2.45, 2.75) is 19.7 Å². The minimum atomic E-state index is -4.65. The normalized spacial score (nSPS) is 11.4. The van der Waals surface area contributed by atoms with Gasteiger partial charge in [-0.15, -0.1) is 0 Å². The Bertz CT molecular complexity index is 1350. The Balaban J connectivity index is 1.53. The van der Waals surface area contributed by atoms with E-state index in [9.17, 15) is 18.0 Å². The predicted octanol–water partition coefficient (Wildman–Crippen LogP) is 7.62. The van der Waals surface area contributed by atoms with Gasteiger partial charge in [0.05, 0.1) is 27.9 Å². The first-order valence-corrected chi connectivity index (χ1v) is 11.5. The molecule has 1 heterocycles. The minimum absolute atomic E-state index is 0.121. The van der Waals surface area contributed by atoms with Crippen LogP contribution in [0, 0.1) is 0 Å². The van der Waals surface area contributed by atoms with Crippen LogP contribution in [0.25, 0.3) is 16.8 Å². The van der Waals surface area contributed by atoms with Gasteiger partial charge in [-0.1, -0.05) is 53.5 Å². The topological polar surface area (TPSA) is 53.4 Å². The van der Waals surface area contributed by atoms with Gasteiger partial charge < -0.3 is 9.47 Å². The molecule has 0 saturated heterocycles. The van der Waals surface area contributed by atoms with Crippen molar-refractivity contribution in [3.8, 4) is 22.6 Å². The van der Waals surface area contributed by atoms with Crippen LogP contribution >= 0.6 is 23.2 Å². The standard InChI is InChI=1S/C26H19Cl2F3N2O3/c1-2-35-25(34)18-8-6-16(7-9-18)17-10-12-20(13-11-17)36-15-19-14-23(26(29,30)31)32-33(19)24-21(27)4-3-5-22(24)28/h3-14H,2,15H2,1H3. The largest absolute Gasteiger partial charge is 0.487 e. The number of aromatic nitrogens is 2. The number of alkyl halides is 3. The first-order chi connectivity index (χ1) is 17.2. The van der Waals surface area contributed by atoms with Gasteiger partial charge >= 0.3 is 12.1 Å². The molecule has 36 heavy (non-hydrogen) atoms. The minimum Gasteiger partial charge on any atom is -0.487 e. The molecule has 0 aliphatic carbocycles. The number of esters is 1. The van der Waals surface area contributed by atoms with Crippen molar-refractivity contribution < 1.29 is 27.4 Å². The first-order valence-electron chi connectivity index (χ1n) is 10.8. The lowest BCUT2D eigenvalue weighted by atomic mass is 10.0. The Kier molecular flexibility index (Phi) is 7.56. The van der Waals surface area contributed by atoms with E-state index in [1.807, 2.05) is 0 Å². The van der Waals surface area contributed by atoms with Crippen molar-refractivity contribution in [1.82, 2.24) is 9.78 Å². The number of halogens is 5. The van der Waals surface area contributed by atoms with Gasteiger partial charge in [0.1, 0.15) is 18.0 Å². The lowest BCUT2D eigenvalue weighted by molar-refractivity contribution is -0.141. The third-order valence-electron chi connectivity index (χ3n) is 5.19. The molecule has 0 N–H and O–H groups in total. The fraction of sp³-hybridized carbons (Fsp3) is 0.154. The molecule has 4 aromatic rings. The third kappa shape index (κ3) is 5.66. The Morgan fingerprint density at radius 2 is 1.53 bits per heavy atom. The van der Waals surface area contributed by atoms with E-state index in [1.165, 1.54) is 12.1 Å². The lowest BCUT2D eigenvalue weighted by Gasteiger charge is -2.12. The van der Waals surface area contributed by atoms with Gasteiger partial charge in [-0.2, -0.15) is 18.3 Å². The first kappa shape index (κ1) is 25.6. The SMILES string of the molecule is CCOC(=O)c1ccc(-c2ccc(OCc3cc(C(F)(F)F)nn3-c3c(Cl)cccc3Cl)cc2)cc1. The molecule has 1 aromatic heterocycles. The van der Waals surface area contributed by atoms with Crippen molar-refractivity contribution in [3.63, 3.8) is 0 Å². The molecule has 186 valence electrons. The predicted molar refractivity (Wildman–Crippen MR) is 131 cm³/mol. The Labute approximate surface area is 215 Å². The number of hydrogen-bond donors (Lipinski definition) is 0. The zero-order chi connectivity index (χ0) is 25.9. The highest BCUT2D eigenvalue weighted by atomic mass is 35.5. The van der Waals surface area contributed by atoms with Crippen molar-refractivity contribution in [1.29, 1.82) is 0 Å². The second-order valence-corrected chi connectivity index (χ2v) is 8.43. The summed E-state index contributed by atoms with van der Waals surface area (Å²) >= 11 is 12.4. The Morgan fingerprint density at radius 3 is 2.08 bits per heavy atom. The quantitative estimate of drug-likeness (QED) is 0.229. The molecule has 3 aromatic carbocycles. The zero-order valence-electron chi connectivity index (χ0n) is 18.9. The van der Waals surface area contributed by atoms with Crippen molar-refractivity contribution in [2.75, 3.05) is 6.61 Å². The molecule has 0 spiro atoms. The van der Waals surface area contributed by atoms with E-state index in [-0.39, 0.29) is 28.0 Å². The summed E-state index contributed by atoms with van der Waals surface area (Å²) in [6.07, 6.45) is -4.65. The number of para-hydroxylation sites is 1. The number of ether oxygens (including phenoxy) is 2. The van der Waals surface area contributed by atoms with E-state index in [4.69, 9.17) is 32.7 Å². The smallest absolute Gasteiger partial charge is 0.435 e. The zero-order valence-corrected chi connectivity index (χ0v) is 20.4. The molecule has 5 nitrogen and oxygen atoms in total. The lowest BCUT2D eigenvalue weighted by Crippen LogP contribution is -2.09. The van der Waals surface area contributed by atoms with E-state index in [0.29, 0.717) is 17.9 Å². The maximum atomic E-state index is 13.4. The highest BCUT2D eigenvalue weighted by molar-refractivity contribution is 6.37. The monoisotopic (exact) mass is 534 g/mol. The number of hydrogen-bond acceptors (Lipinski definition) is 4. The fourth-order valence-electron chi connectivity index (χ4n) is 3.46. The van der Waals surface area contributed by atoms with E-state index in [2.05, 4.69) is 5.10 Å². The second kappa shape index (κ2) is 10.6. The van der Waals surface area contributed by atoms with E-state index < -0.39 is 17.8 Å². The van der Waals surface area contributed by atoms with Gasteiger partial charge in [-0.25, -0.2) is 9.48 Å². The molecule has 10 heteroatoms. The maximum Gasteiger partial charge on any atom is 0.435 e. The van der Waals surface area contributed by atoms with Gasteiger partial charge in [-0.05, 0) is 60.5 Å². The molecule has 4 rings (SSSR count). The van der Waals surface area contributed by atoms with Gasteiger partial charge in [0.15, 0.2) is 5.69 Å². The van der Waals surface area contributed by atoms with Crippen LogP contribution in [0.15, 0.2) is 72.8 Å². The van der Waals surface area contributed by atoms with Gasteiger partial charge in [0, 0.05) is 0 Å². The summed E-state index contributed by atoms with van der Waals surface area (Å²) in [6, 6.07) is 19.5. The average molecular weight is 535 g/mol. The molecular weight excluding hydrogens is 516 g/mol. The van der Waals surface area contributed by atoms with Crippen molar-refractivity contribution in [2.24, 2.45) is 0 Å². The summed E-state index contributed by atoms with van der Waals surface area (Å²) in [6.45, 7) is 1.83. The van der Waals surface area contributed by atoms with Crippen LogP contribution in [-0.2, 0) is 17.5 Å². The molecule has 0 atom stereocenters. The highest BCUT2D eigenvalue weighted by Crippen LogP contribution is 2.34. The third-order valence-corrected chi connectivity index (χ3v) is 5.80. The molecule has 0 saturated carbocycles. The number of carbonyl (C=O) groups is 1. The summed E-state index contributed by atoms with van der Waals surface area (Å²) in [5, 5.41) is 3.98. The summed E-state index contributed by atoms with van der Waals surface area (Å²) in [4.78, 5) is 11.8. The summed E-state index contributed by atoms with van der Waals surface area (Å²) in [7, 11) is 0. The number of rotatable bonds is 7. The van der Waals surface area contributed by atoms with Crippen molar-refractivity contribution in [3.05, 3.63) is 99.8 Å². The van der Waals surface area contributed by atoms with Crippen LogP contribution in [0.2, 0.25) is 10.0 Å². The molecule has 0 aliphatic heterocycles. The second-order valence-electron chi connectivity index (χ2n) is 7.61. The molecule has 0 fully saturated rings. The van der Waals surface area contributed by atoms with Gasteiger partial charge in [0.2, 0.25) is 0 Å². The van der Waals surface area contributed by atoms with E-state index in [0.717, 1.165) is 21.9 Å². The highest BCUT2D eigenvalue weighted by Gasteiger charge is 2.35. The van der Waals surface area contributed by atoms with Crippen LogP contribution in [0.1, 0.15) is 28.7 Å². The molecule has 0 aliphatic rings. The number of benzene rings is 3. The number of nitrogens with zero attached hydrogens (tertiary/aromatic N) is 2. The van der Waals surface area contributed by atoms with Crippen molar-refractivity contribution >= 4 is 29.2 Å². The molecular formula is C26H19Cl2F3N2O3. The average Bonchev–Trinajstić information content (AvgIpc) is 3.28. The summed E-state index contributed by atoms with van der Waals surface area (Å²) in [5.41, 5.74) is 1.36. The number of carbonyl (C=O) groups excluding carboxylic acids is 1. The van der Waals surface area contributed by atoms with E-state index >= 15 is 0 Å². The molecule has 0 unspecified atom stereocenters. The van der Waals surface area contributed by atoms with E-state index in [1.54, 1.807) is 61.5 Å². The molecule has 0 bridgehead atoms. The van der Waals surface area contributed by atoms with Gasteiger partial charge in [0.25, 0.3) is 0 Å². The van der Waals surface area contributed by atoms with Crippen LogP contribution in [-0.4, -0.2) is 22.4 Å². The Morgan fingerprint density at radius 1 is 0.944 bits per heavy atom.